The van der Waals surface area contributed by atoms with E-state index in [1.54, 1.807) is 10.9 Å². The summed E-state index contributed by atoms with van der Waals surface area (Å²) >= 11 is 0. The summed E-state index contributed by atoms with van der Waals surface area (Å²) in [5.41, 5.74) is 4.30. The molecule has 2 aromatic rings. The summed E-state index contributed by atoms with van der Waals surface area (Å²) in [4.78, 5) is 11.7. The van der Waals surface area contributed by atoms with Gasteiger partial charge in [0.25, 0.3) is 5.91 Å². The Hall–Kier alpha value is -2.50. The van der Waals surface area contributed by atoms with Crippen LogP contribution in [0.15, 0.2) is 35.6 Å². The summed E-state index contributed by atoms with van der Waals surface area (Å²) in [6.45, 7) is 1.89. The number of amides is 1. The predicted octanol–water partition coefficient (Wildman–Crippen LogP) is 1.63. The summed E-state index contributed by atoms with van der Waals surface area (Å²) < 4.78 is 14.6. The molecule has 0 spiro atoms. The zero-order valence-corrected chi connectivity index (χ0v) is 10.6. The molecule has 1 amide bonds. The summed E-state index contributed by atoms with van der Waals surface area (Å²) in [6, 6.07) is 5.42. The lowest BCUT2D eigenvalue weighted by atomic mass is 10.2. The smallest absolute Gasteiger partial charge is 0.271 e. The van der Waals surface area contributed by atoms with Gasteiger partial charge in [-0.1, -0.05) is 6.07 Å². The minimum Gasteiger partial charge on any atom is -0.272 e. The molecule has 0 fully saturated rings. The predicted molar refractivity (Wildman–Crippen MR) is 69.4 cm³/mol. The number of carbonyl (C=O) groups is 1. The quantitative estimate of drug-likeness (QED) is 0.673. The summed E-state index contributed by atoms with van der Waals surface area (Å²) in [5, 5.41) is 7.87. The van der Waals surface area contributed by atoms with Crippen LogP contribution < -0.4 is 5.43 Å². The lowest BCUT2D eigenvalue weighted by Gasteiger charge is -1.99. The number of nitrogens with one attached hydrogen (secondary N) is 1. The molecule has 0 aliphatic carbocycles. The van der Waals surface area contributed by atoms with Crippen molar-refractivity contribution in [2.24, 2.45) is 12.1 Å². The molecule has 1 aromatic heterocycles. The fraction of sp³-hybridized carbons (Fsp3) is 0.154. The maximum Gasteiger partial charge on any atom is 0.271 e. The van der Waals surface area contributed by atoms with E-state index in [4.69, 9.17) is 0 Å². The lowest BCUT2D eigenvalue weighted by Crippen LogP contribution is -2.17. The summed E-state index contributed by atoms with van der Waals surface area (Å²) in [6.07, 6.45) is 3.15. The molecule has 2 rings (SSSR count). The molecule has 0 aliphatic rings. The standard InChI is InChI=1S/C13H13FN4O/c1-9-11(8-16-18(9)2)7-15-17-13(19)10-4-3-5-12(14)6-10/h3-8H,1-2H3,(H,17,19)/b15-7+. The Morgan fingerprint density at radius 1 is 1.53 bits per heavy atom. The number of hydrazone groups is 1. The largest absolute Gasteiger partial charge is 0.272 e. The normalized spacial score (nSPS) is 10.9. The molecule has 0 aliphatic heterocycles. The second kappa shape index (κ2) is 5.43. The van der Waals surface area contributed by atoms with Crippen LogP contribution >= 0.6 is 0 Å². The van der Waals surface area contributed by atoms with Crippen molar-refractivity contribution in [1.82, 2.24) is 15.2 Å². The van der Waals surface area contributed by atoms with Crippen LogP contribution in [0.4, 0.5) is 4.39 Å². The van der Waals surface area contributed by atoms with Crippen LogP contribution in [0, 0.1) is 12.7 Å². The number of benzene rings is 1. The van der Waals surface area contributed by atoms with Crippen molar-refractivity contribution < 1.29 is 9.18 Å². The molecular formula is C13H13FN4O. The van der Waals surface area contributed by atoms with Crippen LogP contribution in [0.3, 0.4) is 0 Å². The van der Waals surface area contributed by atoms with Gasteiger partial charge >= 0.3 is 0 Å². The first-order valence-corrected chi connectivity index (χ1v) is 5.65. The third-order valence-corrected chi connectivity index (χ3v) is 2.73. The molecule has 0 radical (unpaired) electrons. The van der Waals surface area contributed by atoms with E-state index in [2.05, 4.69) is 15.6 Å². The highest BCUT2D eigenvalue weighted by molar-refractivity contribution is 5.94. The number of aromatic nitrogens is 2. The van der Waals surface area contributed by atoms with E-state index >= 15 is 0 Å². The number of nitrogens with zero attached hydrogens (tertiary/aromatic N) is 3. The highest BCUT2D eigenvalue weighted by Gasteiger charge is 2.05. The molecule has 1 heterocycles. The fourth-order valence-corrected chi connectivity index (χ4v) is 1.50. The van der Waals surface area contributed by atoms with Gasteiger partial charge in [0.2, 0.25) is 0 Å². The first-order valence-electron chi connectivity index (χ1n) is 5.65. The van der Waals surface area contributed by atoms with Crippen LogP contribution in [0.2, 0.25) is 0 Å². The second-order valence-electron chi connectivity index (χ2n) is 4.02. The number of hydrogen-bond donors (Lipinski definition) is 1. The molecular weight excluding hydrogens is 247 g/mol. The number of hydrogen-bond acceptors (Lipinski definition) is 3. The van der Waals surface area contributed by atoms with Crippen molar-refractivity contribution in [3.05, 3.63) is 53.1 Å². The monoisotopic (exact) mass is 260 g/mol. The van der Waals surface area contributed by atoms with Gasteiger partial charge in [0.15, 0.2) is 0 Å². The third kappa shape index (κ3) is 3.04. The van der Waals surface area contributed by atoms with Crippen molar-refractivity contribution in [3.8, 4) is 0 Å². The van der Waals surface area contributed by atoms with Crippen molar-refractivity contribution in [3.63, 3.8) is 0 Å². The molecule has 0 bridgehead atoms. The highest BCUT2D eigenvalue weighted by atomic mass is 19.1. The van der Waals surface area contributed by atoms with Gasteiger partial charge in [-0.2, -0.15) is 10.2 Å². The van der Waals surface area contributed by atoms with E-state index < -0.39 is 11.7 Å². The van der Waals surface area contributed by atoms with E-state index in [0.29, 0.717) is 0 Å². The average molecular weight is 260 g/mol. The van der Waals surface area contributed by atoms with Crippen LogP contribution in [0.1, 0.15) is 21.6 Å². The molecule has 19 heavy (non-hydrogen) atoms. The van der Waals surface area contributed by atoms with Crippen LogP contribution in [0.5, 0.6) is 0 Å². The van der Waals surface area contributed by atoms with Gasteiger partial charge in [-0.05, 0) is 25.1 Å². The van der Waals surface area contributed by atoms with Crippen molar-refractivity contribution in [2.45, 2.75) is 6.92 Å². The SMILES string of the molecule is Cc1c(/C=N/NC(=O)c2cccc(F)c2)cnn1C. The van der Waals surface area contributed by atoms with Crippen molar-refractivity contribution in [2.75, 3.05) is 0 Å². The highest BCUT2D eigenvalue weighted by Crippen LogP contribution is 2.04. The van der Waals surface area contributed by atoms with Crippen LogP contribution in [-0.4, -0.2) is 21.9 Å². The van der Waals surface area contributed by atoms with Gasteiger partial charge in [0.05, 0.1) is 12.4 Å². The Morgan fingerprint density at radius 3 is 2.95 bits per heavy atom. The van der Waals surface area contributed by atoms with E-state index in [1.165, 1.54) is 24.4 Å². The molecule has 6 heteroatoms. The summed E-state index contributed by atoms with van der Waals surface area (Å²) in [7, 11) is 1.82. The van der Waals surface area contributed by atoms with Crippen molar-refractivity contribution in [1.29, 1.82) is 0 Å². The first-order chi connectivity index (χ1) is 9.08. The molecule has 0 unspecified atom stereocenters. The van der Waals surface area contributed by atoms with Crippen LogP contribution in [0.25, 0.3) is 0 Å². The maximum absolute atomic E-state index is 12.9. The van der Waals surface area contributed by atoms with E-state index in [1.807, 2.05) is 14.0 Å². The zero-order valence-electron chi connectivity index (χ0n) is 10.6. The fourth-order valence-electron chi connectivity index (χ4n) is 1.50. The Morgan fingerprint density at radius 2 is 2.32 bits per heavy atom. The Balaban J connectivity index is 2.03. The molecule has 1 N–H and O–H groups in total. The third-order valence-electron chi connectivity index (χ3n) is 2.73. The van der Waals surface area contributed by atoms with Crippen LogP contribution in [-0.2, 0) is 7.05 Å². The first kappa shape index (κ1) is 12.9. The molecule has 98 valence electrons. The van der Waals surface area contributed by atoms with Gasteiger partial charge < -0.3 is 0 Å². The minimum atomic E-state index is -0.461. The molecule has 0 atom stereocenters. The lowest BCUT2D eigenvalue weighted by molar-refractivity contribution is 0.0954. The molecule has 1 aromatic carbocycles. The Bertz CT molecular complexity index is 633. The molecule has 0 saturated carbocycles. The molecule has 5 nitrogen and oxygen atoms in total. The number of halogens is 1. The van der Waals surface area contributed by atoms with Gasteiger partial charge in [0, 0.05) is 23.9 Å². The Kier molecular flexibility index (Phi) is 3.70. The molecule has 0 saturated heterocycles. The minimum absolute atomic E-state index is 0.222. The topological polar surface area (TPSA) is 59.3 Å². The van der Waals surface area contributed by atoms with Gasteiger partial charge in [-0.15, -0.1) is 0 Å². The summed E-state index contributed by atoms with van der Waals surface area (Å²) in [5.74, 6) is -0.919. The zero-order chi connectivity index (χ0) is 13.8. The van der Waals surface area contributed by atoms with Gasteiger partial charge in [-0.3, -0.25) is 9.48 Å². The van der Waals surface area contributed by atoms with Crippen molar-refractivity contribution >= 4 is 12.1 Å². The van der Waals surface area contributed by atoms with Gasteiger partial charge in [0.1, 0.15) is 5.82 Å². The number of carbonyl (C=O) groups excluding carboxylic acids is 1. The van der Waals surface area contributed by atoms with E-state index in [0.717, 1.165) is 17.3 Å². The Labute approximate surface area is 109 Å². The average Bonchev–Trinajstić information content (AvgIpc) is 2.70. The van der Waals surface area contributed by atoms with Gasteiger partial charge in [-0.25, -0.2) is 9.82 Å². The number of aryl methyl sites for hydroxylation is 1. The second-order valence-corrected chi connectivity index (χ2v) is 4.02. The van der Waals surface area contributed by atoms with E-state index in [-0.39, 0.29) is 5.56 Å². The number of rotatable bonds is 3. The van der Waals surface area contributed by atoms with E-state index in [9.17, 15) is 9.18 Å². The maximum atomic E-state index is 12.9.